The molecular formula is C30H40F2O. The molecule has 33 heavy (non-hydrogen) atoms. The molecule has 1 nitrogen and oxygen atoms in total. The smallest absolute Gasteiger partial charge is 0.166 e. The second-order valence-electron chi connectivity index (χ2n) is 9.63. The molecule has 1 aliphatic rings. The van der Waals surface area contributed by atoms with Gasteiger partial charge in [0.05, 0.1) is 6.61 Å². The average Bonchev–Trinajstić information content (AvgIpc) is 2.84. The Labute approximate surface area is 199 Å². The van der Waals surface area contributed by atoms with Crippen LogP contribution in [0.4, 0.5) is 8.78 Å². The van der Waals surface area contributed by atoms with E-state index in [1.807, 2.05) is 18.2 Å². The average molecular weight is 455 g/mol. The third kappa shape index (κ3) is 7.69. The number of halogens is 2. The van der Waals surface area contributed by atoms with Crippen LogP contribution in [0.3, 0.4) is 0 Å². The van der Waals surface area contributed by atoms with Crippen LogP contribution >= 0.6 is 0 Å². The summed E-state index contributed by atoms with van der Waals surface area (Å²) in [6, 6.07) is 10.7. The normalized spacial score (nSPS) is 18.3. The molecule has 2 aromatic carbocycles. The molecule has 1 fully saturated rings. The van der Waals surface area contributed by atoms with Gasteiger partial charge in [0.25, 0.3) is 0 Å². The van der Waals surface area contributed by atoms with E-state index in [-0.39, 0.29) is 0 Å². The van der Waals surface area contributed by atoms with Gasteiger partial charge in [-0.2, -0.15) is 0 Å². The fraction of sp³-hybridized carbons (Fsp3) is 0.533. The molecule has 0 bridgehead atoms. The first kappa shape index (κ1) is 25.5. The molecule has 1 aliphatic carbocycles. The first-order valence-electron chi connectivity index (χ1n) is 12.9. The van der Waals surface area contributed by atoms with Gasteiger partial charge in [0, 0.05) is 5.56 Å². The number of hydrogen-bond acceptors (Lipinski definition) is 1. The lowest BCUT2D eigenvalue weighted by molar-refractivity contribution is 0.248. The first-order valence-corrected chi connectivity index (χ1v) is 12.9. The summed E-state index contributed by atoms with van der Waals surface area (Å²) in [4.78, 5) is 0. The molecule has 180 valence electrons. The van der Waals surface area contributed by atoms with Gasteiger partial charge in [-0.25, -0.2) is 8.78 Å². The number of rotatable bonds is 13. The molecule has 0 aliphatic heterocycles. The molecular weight excluding hydrogens is 414 g/mol. The van der Waals surface area contributed by atoms with E-state index >= 15 is 0 Å². The largest absolute Gasteiger partial charge is 0.494 e. The lowest BCUT2D eigenvalue weighted by Gasteiger charge is -2.28. The molecule has 3 heteroatoms. The van der Waals surface area contributed by atoms with Crippen LogP contribution in [0.5, 0.6) is 5.75 Å². The molecule has 0 atom stereocenters. The van der Waals surface area contributed by atoms with E-state index in [0.29, 0.717) is 35.6 Å². The minimum atomic E-state index is -0.744. The van der Waals surface area contributed by atoms with Crippen molar-refractivity contribution in [2.75, 3.05) is 6.61 Å². The molecule has 0 heterocycles. The summed E-state index contributed by atoms with van der Waals surface area (Å²) in [5.74, 6) is 0.830. The van der Waals surface area contributed by atoms with Crippen molar-refractivity contribution in [3.8, 4) is 16.9 Å². The van der Waals surface area contributed by atoms with Crippen LogP contribution < -0.4 is 4.74 Å². The predicted molar refractivity (Wildman–Crippen MR) is 135 cm³/mol. The number of aryl methyl sites for hydroxylation is 1. The Balaban J connectivity index is 1.51. The van der Waals surface area contributed by atoms with E-state index in [4.69, 9.17) is 4.74 Å². The molecule has 3 rings (SSSR count). The maximum atomic E-state index is 14.9. The van der Waals surface area contributed by atoms with Gasteiger partial charge in [0.15, 0.2) is 11.6 Å². The fourth-order valence-corrected chi connectivity index (χ4v) is 5.01. The highest BCUT2D eigenvalue weighted by Crippen LogP contribution is 2.35. The summed E-state index contributed by atoms with van der Waals surface area (Å²) in [5.41, 5.74) is 1.48. The van der Waals surface area contributed by atoms with E-state index in [1.165, 1.54) is 51.4 Å². The highest BCUT2D eigenvalue weighted by molar-refractivity contribution is 5.65. The second-order valence-corrected chi connectivity index (χ2v) is 9.63. The Kier molecular flexibility index (Phi) is 10.4. The number of ether oxygens (including phenoxy) is 1. The van der Waals surface area contributed by atoms with Crippen molar-refractivity contribution in [1.82, 2.24) is 0 Å². The summed E-state index contributed by atoms with van der Waals surface area (Å²) in [6.07, 6.45) is 15.7. The van der Waals surface area contributed by atoms with E-state index in [9.17, 15) is 8.78 Å². The van der Waals surface area contributed by atoms with Gasteiger partial charge in [-0.15, -0.1) is 6.58 Å². The minimum absolute atomic E-state index is 0.307. The maximum Gasteiger partial charge on any atom is 0.166 e. The molecule has 0 amide bonds. The monoisotopic (exact) mass is 454 g/mol. The Morgan fingerprint density at radius 1 is 0.879 bits per heavy atom. The van der Waals surface area contributed by atoms with Crippen molar-refractivity contribution in [2.24, 2.45) is 11.8 Å². The van der Waals surface area contributed by atoms with Gasteiger partial charge in [-0.3, -0.25) is 0 Å². The van der Waals surface area contributed by atoms with Gasteiger partial charge in [-0.1, -0.05) is 88.6 Å². The molecule has 0 N–H and O–H groups in total. The number of allylic oxidation sites excluding steroid dienone is 1. The first-order chi connectivity index (χ1) is 16.1. The fourth-order valence-electron chi connectivity index (χ4n) is 5.01. The van der Waals surface area contributed by atoms with Gasteiger partial charge in [0.1, 0.15) is 5.75 Å². The molecule has 0 unspecified atom stereocenters. The highest BCUT2D eigenvalue weighted by atomic mass is 19.2. The molecule has 0 aromatic heterocycles. The summed E-state index contributed by atoms with van der Waals surface area (Å²) in [5, 5.41) is 0. The Morgan fingerprint density at radius 3 is 2.24 bits per heavy atom. The number of unbranched alkanes of at least 4 members (excludes halogenated alkanes) is 3. The van der Waals surface area contributed by atoms with Gasteiger partial charge >= 0.3 is 0 Å². The van der Waals surface area contributed by atoms with Crippen molar-refractivity contribution in [2.45, 2.75) is 84.0 Å². The van der Waals surface area contributed by atoms with Crippen molar-refractivity contribution >= 4 is 0 Å². The third-order valence-corrected chi connectivity index (χ3v) is 7.15. The zero-order chi connectivity index (χ0) is 23.5. The maximum absolute atomic E-state index is 14.9. The zero-order valence-corrected chi connectivity index (χ0v) is 20.3. The Morgan fingerprint density at radius 2 is 1.58 bits per heavy atom. The van der Waals surface area contributed by atoms with Crippen LogP contribution in [0, 0.1) is 23.5 Å². The van der Waals surface area contributed by atoms with Gasteiger partial charge < -0.3 is 4.74 Å². The van der Waals surface area contributed by atoms with Gasteiger partial charge in [0.2, 0.25) is 0 Å². The van der Waals surface area contributed by atoms with Crippen molar-refractivity contribution in [3.63, 3.8) is 0 Å². The lowest BCUT2D eigenvalue weighted by atomic mass is 9.77. The molecule has 0 saturated heterocycles. The van der Waals surface area contributed by atoms with Crippen LogP contribution in [0.15, 0.2) is 49.1 Å². The summed E-state index contributed by atoms with van der Waals surface area (Å²) in [7, 11) is 0. The van der Waals surface area contributed by atoms with Crippen molar-refractivity contribution in [1.29, 1.82) is 0 Å². The van der Waals surface area contributed by atoms with E-state index in [1.54, 1.807) is 24.3 Å². The Hall–Kier alpha value is -2.16. The van der Waals surface area contributed by atoms with E-state index < -0.39 is 11.6 Å². The summed E-state index contributed by atoms with van der Waals surface area (Å²) in [6.45, 7) is 6.57. The highest BCUT2D eigenvalue weighted by Gasteiger charge is 2.22. The van der Waals surface area contributed by atoms with Crippen molar-refractivity contribution < 1.29 is 13.5 Å². The van der Waals surface area contributed by atoms with E-state index in [0.717, 1.165) is 30.9 Å². The standard InChI is InChI=1S/C30H40F2O/c1-3-5-7-9-23-10-12-24(13-11-23)14-15-26-18-21-28(30(32)29(26)31)25-16-19-27(20-17-25)33-22-8-6-4-2/h4,16-21,23-24H,2-3,5-15,22H2,1H3. The second kappa shape index (κ2) is 13.5. The van der Waals surface area contributed by atoms with Crippen LogP contribution in [0.2, 0.25) is 0 Å². The minimum Gasteiger partial charge on any atom is -0.494 e. The zero-order valence-electron chi connectivity index (χ0n) is 20.3. The number of benzene rings is 2. The van der Waals surface area contributed by atoms with Crippen LogP contribution in [-0.4, -0.2) is 6.61 Å². The van der Waals surface area contributed by atoms with E-state index in [2.05, 4.69) is 13.5 Å². The van der Waals surface area contributed by atoms with Crippen LogP contribution in [0.1, 0.15) is 83.1 Å². The van der Waals surface area contributed by atoms with Crippen LogP contribution in [-0.2, 0) is 6.42 Å². The quantitative estimate of drug-likeness (QED) is 0.216. The molecule has 1 saturated carbocycles. The third-order valence-electron chi connectivity index (χ3n) is 7.15. The molecule has 0 spiro atoms. The lowest BCUT2D eigenvalue weighted by Crippen LogP contribution is -2.15. The summed E-state index contributed by atoms with van der Waals surface area (Å²) >= 11 is 0. The van der Waals surface area contributed by atoms with Crippen LogP contribution in [0.25, 0.3) is 11.1 Å². The topological polar surface area (TPSA) is 9.23 Å². The Bertz CT molecular complexity index is 850. The molecule has 2 aromatic rings. The molecule has 0 radical (unpaired) electrons. The number of hydrogen-bond donors (Lipinski definition) is 0. The van der Waals surface area contributed by atoms with Crippen molar-refractivity contribution in [3.05, 3.63) is 66.3 Å². The van der Waals surface area contributed by atoms with Gasteiger partial charge in [-0.05, 0) is 60.8 Å². The predicted octanol–water partition coefficient (Wildman–Crippen LogP) is 9.30. The SMILES string of the molecule is C=CCCCOc1ccc(-c2ccc(CCC3CCC(CCCCC)CC3)c(F)c2F)cc1. The summed E-state index contributed by atoms with van der Waals surface area (Å²) < 4.78 is 35.4.